The molecule has 0 aliphatic carbocycles. The van der Waals surface area contributed by atoms with Gasteiger partial charge in [-0.2, -0.15) is 11.8 Å². The zero-order chi connectivity index (χ0) is 5.28. The van der Waals surface area contributed by atoms with Gasteiger partial charge in [0.1, 0.15) is 0 Å². The van der Waals surface area contributed by atoms with Crippen LogP contribution < -0.4 is 0 Å². The molecule has 3 heteroatoms. The third-order valence-corrected chi connectivity index (χ3v) is 5.63. The van der Waals surface area contributed by atoms with Crippen molar-refractivity contribution in [2.24, 2.45) is 0 Å². The van der Waals surface area contributed by atoms with Gasteiger partial charge in [0.05, 0.1) is 0 Å². The molecular formula is C4H6Br2S. The first-order valence-electron chi connectivity index (χ1n) is 2.16. The molecule has 1 aliphatic rings. The number of halogens is 2. The summed E-state index contributed by atoms with van der Waals surface area (Å²) in [6.07, 6.45) is 0. The average Bonchev–Trinajstić information content (AvgIpc) is 1.91. The summed E-state index contributed by atoms with van der Waals surface area (Å²) >= 11 is 9.07. The van der Waals surface area contributed by atoms with Gasteiger partial charge < -0.3 is 0 Å². The maximum Gasteiger partial charge on any atom is 0.0369 e. The van der Waals surface area contributed by atoms with Crippen molar-refractivity contribution in [3.05, 3.63) is 0 Å². The van der Waals surface area contributed by atoms with Gasteiger partial charge in [0.15, 0.2) is 0 Å². The monoisotopic (exact) mass is 244 g/mol. The van der Waals surface area contributed by atoms with E-state index in [4.69, 9.17) is 0 Å². The van der Waals surface area contributed by atoms with Crippen LogP contribution in [0.15, 0.2) is 0 Å². The van der Waals surface area contributed by atoms with E-state index in [9.17, 15) is 0 Å². The van der Waals surface area contributed by atoms with E-state index in [-0.39, 0.29) is 0 Å². The first kappa shape index (κ1) is 6.43. The fourth-order valence-electron chi connectivity index (χ4n) is 0.502. The molecule has 42 valence electrons. The van der Waals surface area contributed by atoms with Crippen LogP contribution in [-0.4, -0.2) is 21.2 Å². The van der Waals surface area contributed by atoms with Crippen molar-refractivity contribution in [2.75, 3.05) is 11.5 Å². The Morgan fingerprint density at radius 3 is 1.71 bits per heavy atom. The van der Waals surface area contributed by atoms with E-state index in [0.717, 1.165) is 0 Å². The van der Waals surface area contributed by atoms with Crippen molar-refractivity contribution < 1.29 is 0 Å². The lowest BCUT2D eigenvalue weighted by atomic mass is 10.4. The number of hydrogen-bond donors (Lipinski definition) is 0. The molecule has 0 aromatic carbocycles. The summed E-state index contributed by atoms with van der Waals surface area (Å²) in [5.74, 6) is 2.52. The molecule has 2 atom stereocenters. The lowest BCUT2D eigenvalue weighted by Crippen LogP contribution is -2.08. The number of rotatable bonds is 0. The quantitative estimate of drug-likeness (QED) is 0.590. The highest BCUT2D eigenvalue weighted by Gasteiger charge is 2.21. The van der Waals surface area contributed by atoms with Gasteiger partial charge in [-0.05, 0) is 0 Å². The fourth-order valence-corrected chi connectivity index (χ4v) is 3.54. The van der Waals surface area contributed by atoms with Crippen molar-refractivity contribution in [1.82, 2.24) is 0 Å². The second-order valence-corrected chi connectivity index (χ2v) is 5.00. The Balaban J connectivity index is 2.33. The highest BCUT2D eigenvalue weighted by Crippen LogP contribution is 2.29. The summed E-state index contributed by atoms with van der Waals surface area (Å²) in [7, 11) is 0. The Hall–Kier alpha value is 1.31. The average molecular weight is 246 g/mol. The summed E-state index contributed by atoms with van der Waals surface area (Å²) in [5.41, 5.74) is 0. The molecule has 0 aromatic rings. The van der Waals surface area contributed by atoms with E-state index in [1.165, 1.54) is 11.5 Å². The summed E-state index contributed by atoms with van der Waals surface area (Å²) in [4.78, 5) is 1.41. The second-order valence-electron chi connectivity index (χ2n) is 1.57. The van der Waals surface area contributed by atoms with Crippen LogP contribution in [0.1, 0.15) is 0 Å². The van der Waals surface area contributed by atoms with Gasteiger partial charge in [-0.15, -0.1) is 0 Å². The third-order valence-electron chi connectivity index (χ3n) is 0.947. The molecular weight excluding hydrogens is 240 g/mol. The van der Waals surface area contributed by atoms with Crippen LogP contribution in [0.4, 0.5) is 0 Å². The van der Waals surface area contributed by atoms with Gasteiger partial charge >= 0.3 is 0 Å². The molecule has 1 fully saturated rings. The summed E-state index contributed by atoms with van der Waals surface area (Å²) < 4.78 is 0. The second kappa shape index (κ2) is 2.74. The summed E-state index contributed by atoms with van der Waals surface area (Å²) in [5, 5.41) is 0. The standard InChI is InChI=1S/C4H6Br2S/c5-3-1-7-2-4(3)6/h3-4H,1-2H2. The van der Waals surface area contributed by atoms with Gasteiger partial charge in [0, 0.05) is 21.2 Å². The predicted octanol–water partition coefficient (Wildman–Crippen LogP) is 2.26. The normalized spacial score (nSPS) is 42.0. The highest BCUT2D eigenvalue weighted by molar-refractivity contribution is 9.12. The first-order chi connectivity index (χ1) is 3.30. The molecule has 0 aromatic heterocycles. The minimum atomic E-state index is 0.706. The smallest absolute Gasteiger partial charge is 0.0369 e. The van der Waals surface area contributed by atoms with Crippen molar-refractivity contribution in [3.8, 4) is 0 Å². The van der Waals surface area contributed by atoms with Gasteiger partial charge in [0.2, 0.25) is 0 Å². The maximum atomic E-state index is 3.54. The Labute approximate surface area is 64.7 Å². The highest BCUT2D eigenvalue weighted by atomic mass is 79.9. The molecule has 0 bridgehead atoms. The zero-order valence-electron chi connectivity index (χ0n) is 3.73. The van der Waals surface area contributed by atoms with E-state index >= 15 is 0 Å². The molecule has 0 saturated carbocycles. The Bertz CT molecular complexity index is 58.7. The lowest BCUT2D eigenvalue weighted by molar-refractivity contribution is 1.03. The SMILES string of the molecule is BrC1CSCC1Br. The van der Waals surface area contributed by atoms with E-state index in [2.05, 4.69) is 31.9 Å². The first-order valence-corrected chi connectivity index (χ1v) is 5.15. The number of hydrogen-bond acceptors (Lipinski definition) is 1. The topological polar surface area (TPSA) is 0 Å². The zero-order valence-corrected chi connectivity index (χ0v) is 7.72. The number of thioether (sulfide) groups is 1. The fraction of sp³-hybridized carbons (Fsp3) is 1.00. The summed E-state index contributed by atoms with van der Waals surface area (Å²) in [6.45, 7) is 0. The Morgan fingerprint density at radius 2 is 1.57 bits per heavy atom. The van der Waals surface area contributed by atoms with E-state index in [1.54, 1.807) is 0 Å². The molecule has 0 radical (unpaired) electrons. The molecule has 1 heterocycles. The van der Waals surface area contributed by atoms with Crippen LogP contribution in [0.2, 0.25) is 0 Å². The van der Waals surface area contributed by atoms with Gasteiger partial charge in [-0.1, -0.05) is 31.9 Å². The number of alkyl halides is 2. The minimum Gasteiger partial charge on any atom is -0.160 e. The molecule has 1 rings (SSSR count). The molecule has 1 saturated heterocycles. The van der Waals surface area contributed by atoms with Gasteiger partial charge in [0.25, 0.3) is 0 Å². The largest absolute Gasteiger partial charge is 0.160 e. The Kier molecular flexibility index (Phi) is 2.52. The van der Waals surface area contributed by atoms with E-state index in [0.29, 0.717) is 9.65 Å². The predicted molar refractivity (Wildman–Crippen MR) is 42.8 cm³/mol. The van der Waals surface area contributed by atoms with Crippen LogP contribution in [0.3, 0.4) is 0 Å². The molecule has 1 aliphatic heterocycles. The molecule has 0 nitrogen and oxygen atoms in total. The lowest BCUT2D eigenvalue weighted by Gasteiger charge is -1.99. The van der Waals surface area contributed by atoms with Gasteiger partial charge in [-0.25, -0.2) is 0 Å². The molecule has 0 N–H and O–H groups in total. The minimum absolute atomic E-state index is 0.706. The summed E-state index contributed by atoms with van der Waals surface area (Å²) in [6, 6.07) is 0. The van der Waals surface area contributed by atoms with Crippen LogP contribution in [0.5, 0.6) is 0 Å². The maximum absolute atomic E-state index is 3.54. The van der Waals surface area contributed by atoms with Crippen LogP contribution >= 0.6 is 43.6 Å². The molecule has 2 unspecified atom stereocenters. The van der Waals surface area contributed by atoms with Crippen LogP contribution in [-0.2, 0) is 0 Å². The van der Waals surface area contributed by atoms with E-state index < -0.39 is 0 Å². The van der Waals surface area contributed by atoms with Gasteiger partial charge in [-0.3, -0.25) is 0 Å². The Morgan fingerprint density at radius 1 is 1.14 bits per heavy atom. The van der Waals surface area contributed by atoms with Crippen molar-refractivity contribution >= 4 is 43.6 Å². The molecule has 0 spiro atoms. The van der Waals surface area contributed by atoms with Crippen LogP contribution in [0.25, 0.3) is 0 Å². The van der Waals surface area contributed by atoms with Crippen molar-refractivity contribution in [2.45, 2.75) is 9.65 Å². The molecule has 0 amide bonds. The van der Waals surface area contributed by atoms with Crippen molar-refractivity contribution in [1.29, 1.82) is 0 Å². The van der Waals surface area contributed by atoms with Crippen LogP contribution in [0, 0.1) is 0 Å². The third kappa shape index (κ3) is 1.61. The molecule has 7 heavy (non-hydrogen) atoms. The van der Waals surface area contributed by atoms with Crippen molar-refractivity contribution in [3.63, 3.8) is 0 Å². The van der Waals surface area contributed by atoms with E-state index in [1.807, 2.05) is 11.8 Å².